The number of carbonyl (C=O) groups excluding carboxylic acids is 1. The van der Waals surface area contributed by atoms with Crippen LogP contribution in [0.5, 0.6) is 0 Å². The molecule has 2 unspecified atom stereocenters. The van der Waals surface area contributed by atoms with E-state index < -0.39 is 0 Å². The van der Waals surface area contributed by atoms with Crippen LogP contribution in [0.3, 0.4) is 0 Å². The first-order valence-electron chi connectivity index (χ1n) is 7.81. The highest BCUT2D eigenvalue weighted by Crippen LogP contribution is 2.32. The highest BCUT2D eigenvalue weighted by atomic mass is 16.5. The van der Waals surface area contributed by atoms with Crippen molar-refractivity contribution in [2.75, 3.05) is 13.2 Å². The first kappa shape index (κ1) is 14.8. The number of nitrogens with zero attached hydrogens (tertiary/aromatic N) is 1. The van der Waals surface area contributed by atoms with E-state index in [1.165, 1.54) is 25.7 Å². The summed E-state index contributed by atoms with van der Waals surface area (Å²) >= 11 is 0. The van der Waals surface area contributed by atoms with Crippen molar-refractivity contribution in [3.05, 3.63) is 0 Å². The molecular formula is C15H28N2O2. The van der Waals surface area contributed by atoms with Gasteiger partial charge in [-0.25, -0.2) is 0 Å². The predicted molar refractivity (Wildman–Crippen MR) is 75.8 cm³/mol. The lowest BCUT2D eigenvalue weighted by molar-refractivity contribution is -0.131. The lowest BCUT2D eigenvalue weighted by Crippen LogP contribution is -2.44. The summed E-state index contributed by atoms with van der Waals surface area (Å²) < 4.78 is 5.61. The van der Waals surface area contributed by atoms with Crippen molar-refractivity contribution in [3.8, 4) is 0 Å². The van der Waals surface area contributed by atoms with Gasteiger partial charge in [0.2, 0.25) is 5.91 Å². The van der Waals surface area contributed by atoms with Crippen molar-refractivity contribution < 1.29 is 9.53 Å². The lowest BCUT2D eigenvalue weighted by atomic mass is 10.0. The molecule has 19 heavy (non-hydrogen) atoms. The fourth-order valence-electron chi connectivity index (χ4n) is 3.30. The maximum atomic E-state index is 12.4. The molecular weight excluding hydrogens is 240 g/mol. The average Bonchev–Trinajstić information content (AvgIpc) is 2.98. The SMILES string of the molecule is CCC1NC(C2CCCC2)N(CCOC(C)C)C1=O. The third kappa shape index (κ3) is 3.48. The summed E-state index contributed by atoms with van der Waals surface area (Å²) in [6.07, 6.45) is 6.48. The van der Waals surface area contributed by atoms with E-state index in [0.29, 0.717) is 12.5 Å². The molecule has 1 aliphatic heterocycles. The van der Waals surface area contributed by atoms with Crippen LogP contribution in [-0.4, -0.2) is 42.3 Å². The van der Waals surface area contributed by atoms with Gasteiger partial charge in [0.1, 0.15) is 0 Å². The van der Waals surface area contributed by atoms with Gasteiger partial charge in [-0.1, -0.05) is 19.8 Å². The highest BCUT2D eigenvalue weighted by Gasteiger charge is 2.41. The molecule has 0 aromatic rings. The molecule has 2 aliphatic rings. The normalized spacial score (nSPS) is 28.8. The number of nitrogens with one attached hydrogen (secondary N) is 1. The molecule has 4 nitrogen and oxygen atoms in total. The Balaban J connectivity index is 1.95. The van der Waals surface area contributed by atoms with Crippen LogP contribution in [0.4, 0.5) is 0 Å². The van der Waals surface area contributed by atoms with Crippen LogP contribution in [-0.2, 0) is 9.53 Å². The molecule has 2 fully saturated rings. The number of hydrogen-bond acceptors (Lipinski definition) is 3. The molecule has 0 aromatic heterocycles. The van der Waals surface area contributed by atoms with Crippen LogP contribution in [0.2, 0.25) is 0 Å². The van der Waals surface area contributed by atoms with Crippen LogP contribution >= 0.6 is 0 Å². The van der Waals surface area contributed by atoms with Gasteiger partial charge in [-0.15, -0.1) is 0 Å². The molecule has 1 aliphatic carbocycles. The zero-order valence-electron chi connectivity index (χ0n) is 12.5. The molecule has 110 valence electrons. The smallest absolute Gasteiger partial charge is 0.241 e. The van der Waals surface area contributed by atoms with Gasteiger partial charge >= 0.3 is 0 Å². The van der Waals surface area contributed by atoms with Crippen molar-refractivity contribution in [1.29, 1.82) is 0 Å². The summed E-state index contributed by atoms with van der Waals surface area (Å²) in [4.78, 5) is 14.4. The fourth-order valence-corrected chi connectivity index (χ4v) is 3.30. The number of hydrogen-bond donors (Lipinski definition) is 1. The minimum atomic E-state index is 0.0182. The molecule has 1 N–H and O–H groups in total. The minimum absolute atomic E-state index is 0.0182. The molecule has 0 spiro atoms. The maximum absolute atomic E-state index is 12.4. The van der Waals surface area contributed by atoms with Crippen molar-refractivity contribution in [1.82, 2.24) is 10.2 Å². The Morgan fingerprint density at radius 3 is 2.63 bits per heavy atom. The predicted octanol–water partition coefficient (Wildman–Crippen LogP) is 2.14. The summed E-state index contributed by atoms with van der Waals surface area (Å²) in [6, 6.07) is 0.0182. The Bertz CT molecular complexity index is 301. The van der Waals surface area contributed by atoms with Gasteiger partial charge in [-0.05, 0) is 39.0 Å². The first-order chi connectivity index (χ1) is 9.13. The summed E-state index contributed by atoms with van der Waals surface area (Å²) in [6.45, 7) is 7.52. The standard InChI is InChI=1S/C15H28N2O2/c1-4-13-15(18)17(9-10-19-11(2)3)14(16-13)12-7-5-6-8-12/h11-14,16H,4-10H2,1-3H3. The first-order valence-corrected chi connectivity index (χ1v) is 7.81. The Labute approximate surface area is 116 Å². The number of amides is 1. The van der Waals surface area contributed by atoms with E-state index in [4.69, 9.17) is 4.74 Å². The molecule has 0 bridgehead atoms. The zero-order valence-corrected chi connectivity index (χ0v) is 12.5. The molecule has 4 heteroatoms. The van der Waals surface area contributed by atoms with Crippen LogP contribution in [0.1, 0.15) is 52.9 Å². The second-order valence-corrected chi connectivity index (χ2v) is 6.07. The summed E-state index contributed by atoms with van der Waals surface area (Å²) in [5, 5.41) is 3.54. The topological polar surface area (TPSA) is 41.6 Å². The van der Waals surface area contributed by atoms with E-state index in [9.17, 15) is 4.79 Å². The third-order valence-corrected chi connectivity index (χ3v) is 4.33. The van der Waals surface area contributed by atoms with Gasteiger partial charge in [-0.3, -0.25) is 10.1 Å². The van der Waals surface area contributed by atoms with Gasteiger partial charge in [0.25, 0.3) is 0 Å². The quantitative estimate of drug-likeness (QED) is 0.802. The van der Waals surface area contributed by atoms with Crippen molar-refractivity contribution >= 4 is 5.91 Å². The van der Waals surface area contributed by atoms with E-state index in [2.05, 4.69) is 12.2 Å². The molecule has 2 rings (SSSR count). The Kier molecular flexibility index (Phi) is 5.22. The Hall–Kier alpha value is -0.610. The number of carbonyl (C=O) groups is 1. The van der Waals surface area contributed by atoms with Crippen molar-refractivity contribution in [3.63, 3.8) is 0 Å². The van der Waals surface area contributed by atoms with Crippen LogP contribution < -0.4 is 5.32 Å². The summed E-state index contributed by atoms with van der Waals surface area (Å²) in [5.74, 6) is 0.909. The van der Waals surface area contributed by atoms with Gasteiger partial charge in [-0.2, -0.15) is 0 Å². The van der Waals surface area contributed by atoms with Gasteiger partial charge in [0, 0.05) is 6.54 Å². The van der Waals surface area contributed by atoms with Crippen molar-refractivity contribution in [2.24, 2.45) is 5.92 Å². The number of rotatable bonds is 6. The van der Waals surface area contributed by atoms with E-state index in [0.717, 1.165) is 13.0 Å². The molecule has 1 saturated carbocycles. The van der Waals surface area contributed by atoms with Crippen LogP contribution in [0, 0.1) is 5.92 Å². The van der Waals surface area contributed by atoms with Gasteiger partial charge in [0.15, 0.2) is 0 Å². The minimum Gasteiger partial charge on any atom is -0.377 e. The third-order valence-electron chi connectivity index (χ3n) is 4.33. The molecule has 1 saturated heterocycles. The van der Waals surface area contributed by atoms with Crippen molar-refractivity contribution in [2.45, 2.75) is 71.2 Å². The summed E-state index contributed by atoms with van der Waals surface area (Å²) in [5.41, 5.74) is 0. The molecule has 2 atom stereocenters. The monoisotopic (exact) mass is 268 g/mol. The average molecular weight is 268 g/mol. The van der Waals surface area contributed by atoms with Crippen LogP contribution in [0.25, 0.3) is 0 Å². The van der Waals surface area contributed by atoms with E-state index in [1.807, 2.05) is 18.7 Å². The van der Waals surface area contributed by atoms with E-state index in [-0.39, 0.29) is 24.2 Å². The molecule has 0 aromatic carbocycles. The lowest BCUT2D eigenvalue weighted by Gasteiger charge is -2.29. The number of ether oxygens (including phenoxy) is 1. The van der Waals surface area contributed by atoms with E-state index in [1.54, 1.807) is 0 Å². The second-order valence-electron chi connectivity index (χ2n) is 6.07. The zero-order chi connectivity index (χ0) is 13.8. The van der Waals surface area contributed by atoms with E-state index >= 15 is 0 Å². The molecule has 1 amide bonds. The molecule has 0 radical (unpaired) electrons. The highest BCUT2D eigenvalue weighted by molar-refractivity contribution is 5.84. The van der Waals surface area contributed by atoms with Gasteiger partial charge < -0.3 is 9.64 Å². The van der Waals surface area contributed by atoms with Gasteiger partial charge in [0.05, 0.1) is 24.9 Å². The Morgan fingerprint density at radius 1 is 1.37 bits per heavy atom. The largest absolute Gasteiger partial charge is 0.377 e. The Morgan fingerprint density at radius 2 is 2.05 bits per heavy atom. The maximum Gasteiger partial charge on any atom is 0.241 e. The fraction of sp³-hybridized carbons (Fsp3) is 0.933. The second kappa shape index (κ2) is 6.71. The summed E-state index contributed by atoms with van der Waals surface area (Å²) in [7, 11) is 0. The van der Waals surface area contributed by atoms with Crippen LogP contribution in [0.15, 0.2) is 0 Å². The molecule has 1 heterocycles.